The molecule has 1 unspecified atom stereocenters. The van der Waals surface area contributed by atoms with E-state index in [2.05, 4.69) is 31.6 Å². The highest BCUT2D eigenvalue weighted by Gasteiger charge is 2.36. The topological polar surface area (TPSA) is 92.6 Å². The number of hydrogen-bond acceptors (Lipinski definition) is 5. The molecule has 0 radical (unpaired) electrons. The minimum absolute atomic E-state index is 0.218. The Morgan fingerprint density at radius 2 is 1.94 bits per heavy atom. The molecule has 1 aliphatic heterocycles. The van der Waals surface area contributed by atoms with Crippen molar-refractivity contribution in [2.24, 2.45) is 0 Å². The molecule has 1 N–H and O–H groups in total. The van der Waals surface area contributed by atoms with Crippen molar-refractivity contribution in [1.82, 2.24) is 35.1 Å². The normalized spacial score (nSPS) is 15.5. The number of fused-ring (bicyclic) bond motifs is 3. The van der Waals surface area contributed by atoms with Gasteiger partial charge in [0.1, 0.15) is 18.2 Å². The number of carbonyl (C=O) groups excluding carboxylic acids is 1. The van der Waals surface area contributed by atoms with Crippen LogP contribution >= 0.6 is 0 Å². The van der Waals surface area contributed by atoms with Crippen LogP contribution in [0.4, 0.5) is 4.39 Å². The maximum absolute atomic E-state index is 15.0. The third-order valence-corrected chi connectivity index (χ3v) is 6.07. The van der Waals surface area contributed by atoms with Crippen LogP contribution in [-0.2, 0) is 6.42 Å². The van der Waals surface area contributed by atoms with Crippen LogP contribution in [0.2, 0.25) is 0 Å². The van der Waals surface area contributed by atoms with E-state index in [4.69, 9.17) is 0 Å². The number of halogens is 1. The maximum Gasteiger partial charge on any atom is 0.254 e. The second-order valence-electron chi connectivity index (χ2n) is 7.89. The first-order valence-electron chi connectivity index (χ1n) is 10.5. The molecule has 1 amide bonds. The highest BCUT2D eigenvalue weighted by atomic mass is 19.1. The first-order valence-corrected chi connectivity index (χ1v) is 10.5. The van der Waals surface area contributed by atoms with Gasteiger partial charge in [-0.25, -0.2) is 9.37 Å². The van der Waals surface area contributed by atoms with Crippen LogP contribution < -0.4 is 0 Å². The largest absolute Gasteiger partial charge is 0.356 e. The predicted molar refractivity (Wildman–Crippen MR) is 118 cm³/mol. The molecular formula is C24H18FN7O. The zero-order valence-corrected chi connectivity index (χ0v) is 17.4. The lowest BCUT2D eigenvalue weighted by Gasteiger charge is -2.36. The standard InChI is InChI=1S/C24H18FN7O/c25-19-7-3-1-6-18(19)23-22-17(16-5-2-4-8-20(16)28-22)10-12-31(23)24(33)15-9-11-26-21(13-15)32-14-27-29-30-32/h1-9,11,13-14,23,28H,10,12H2. The van der Waals surface area contributed by atoms with E-state index in [9.17, 15) is 4.79 Å². The third-order valence-electron chi connectivity index (χ3n) is 6.07. The van der Waals surface area contributed by atoms with Gasteiger partial charge in [0.25, 0.3) is 5.91 Å². The van der Waals surface area contributed by atoms with Crippen molar-refractivity contribution < 1.29 is 9.18 Å². The second kappa shape index (κ2) is 7.63. The molecule has 5 aromatic rings. The molecule has 0 saturated carbocycles. The molecule has 1 atom stereocenters. The molecule has 6 rings (SSSR count). The van der Waals surface area contributed by atoms with Crippen LogP contribution in [0.1, 0.15) is 33.2 Å². The molecule has 0 bridgehead atoms. The van der Waals surface area contributed by atoms with Gasteiger partial charge in [0, 0.05) is 40.5 Å². The van der Waals surface area contributed by atoms with Crippen LogP contribution in [-0.4, -0.2) is 47.5 Å². The van der Waals surface area contributed by atoms with Crippen LogP contribution in [0, 0.1) is 5.82 Å². The number of H-pyrrole nitrogens is 1. The number of aromatic amines is 1. The Morgan fingerprint density at radius 1 is 1.09 bits per heavy atom. The van der Waals surface area contributed by atoms with Gasteiger partial charge in [-0.2, -0.15) is 4.68 Å². The van der Waals surface area contributed by atoms with E-state index in [0.29, 0.717) is 29.9 Å². The smallest absolute Gasteiger partial charge is 0.254 e. The molecule has 0 saturated heterocycles. The number of hydrogen-bond donors (Lipinski definition) is 1. The molecule has 9 heteroatoms. The van der Waals surface area contributed by atoms with E-state index in [1.54, 1.807) is 41.4 Å². The van der Waals surface area contributed by atoms with Gasteiger partial charge in [-0.3, -0.25) is 4.79 Å². The van der Waals surface area contributed by atoms with Gasteiger partial charge in [-0.15, -0.1) is 5.10 Å². The van der Waals surface area contributed by atoms with E-state index in [0.717, 1.165) is 22.2 Å². The molecule has 0 spiro atoms. The summed E-state index contributed by atoms with van der Waals surface area (Å²) in [6.07, 6.45) is 3.62. The number of benzene rings is 2. The molecule has 162 valence electrons. The Balaban J connectivity index is 1.48. The first kappa shape index (κ1) is 19.3. The SMILES string of the molecule is O=C(c1ccnc(-n2cnnn2)c1)N1CCc2c([nH]c3ccccc23)C1c1ccccc1F. The van der Waals surface area contributed by atoms with Crippen LogP contribution in [0.5, 0.6) is 0 Å². The highest BCUT2D eigenvalue weighted by Crippen LogP contribution is 2.39. The Bertz CT molecular complexity index is 1480. The molecule has 1 aliphatic rings. The predicted octanol–water partition coefficient (Wildman–Crippen LogP) is 3.47. The fourth-order valence-electron chi connectivity index (χ4n) is 4.59. The van der Waals surface area contributed by atoms with Gasteiger partial charge < -0.3 is 9.88 Å². The third kappa shape index (κ3) is 3.16. The average molecular weight is 439 g/mol. The van der Waals surface area contributed by atoms with Crippen LogP contribution in [0.15, 0.2) is 73.2 Å². The van der Waals surface area contributed by atoms with Crippen LogP contribution in [0.3, 0.4) is 0 Å². The fraction of sp³-hybridized carbons (Fsp3) is 0.125. The molecular weight excluding hydrogens is 421 g/mol. The molecule has 0 fully saturated rings. The van der Waals surface area contributed by atoms with Crippen LogP contribution in [0.25, 0.3) is 16.7 Å². The summed E-state index contributed by atoms with van der Waals surface area (Å²) in [5.41, 5.74) is 3.81. The number of aromatic nitrogens is 6. The zero-order chi connectivity index (χ0) is 22.4. The number of pyridine rings is 1. The molecule has 2 aromatic carbocycles. The number of tetrazole rings is 1. The van der Waals surface area contributed by atoms with Crippen molar-refractivity contribution in [3.8, 4) is 5.82 Å². The second-order valence-corrected chi connectivity index (χ2v) is 7.89. The summed E-state index contributed by atoms with van der Waals surface area (Å²) < 4.78 is 16.4. The summed E-state index contributed by atoms with van der Waals surface area (Å²) >= 11 is 0. The van der Waals surface area contributed by atoms with Crippen molar-refractivity contribution in [2.75, 3.05) is 6.54 Å². The minimum atomic E-state index is -0.584. The molecule has 3 aromatic heterocycles. The van der Waals surface area contributed by atoms with E-state index >= 15 is 4.39 Å². The Morgan fingerprint density at radius 3 is 2.79 bits per heavy atom. The van der Waals surface area contributed by atoms with E-state index in [1.807, 2.05) is 18.2 Å². The molecule has 0 aliphatic carbocycles. The number of nitrogens with one attached hydrogen (secondary N) is 1. The molecule has 8 nitrogen and oxygen atoms in total. The van der Waals surface area contributed by atoms with Gasteiger partial charge in [0.15, 0.2) is 5.82 Å². The Labute approximate surface area is 187 Å². The molecule has 4 heterocycles. The lowest BCUT2D eigenvalue weighted by atomic mass is 9.91. The minimum Gasteiger partial charge on any atom is -0.356 e. The quantitative estimate of drug-likeness (QED) is 0.465. The Kier molecular flexibility index (Phi) is 4.46. The lowest BCUT2D eigenvalue weighted by Crippen LogP contribution is -2.41. The van der Waals surface area contributed by atoms with Crippen molar-refractivity contribution in [3.05, 3.63) is 101 Å². The van der Waals surface area contributed by atoms with Gasteiger partial charge in [0.05, 0.1) is 0 Å². The highest BCUT2D eigenvalue weighted by molar-refractivity contribution is 5.96. The number of amides is 1. The van der Waals surface area contributed by atoms with Gasteiger partial charge >= 0.3 is 0 Å². The van der Waals surface area contributed by atoms with Gasteiger partial charge in [-0.05, 0) is 46.7 Å². The number of para-hydroxylation sites is 1. The number of carbonyl (C=O) groups is 1. The summed E-state index contributed by atoms with van der Waals surface area (Å²) in [7, 11) is 0. The summed E-state index contributed by atoms with van der Waals surface area (Å²) in [6.45, 7) is 0.454. The number of rotatable bonds is 3. The van der Waals surface area contributed by atoms with E-state index in [-0.39, 0.29) is 11.7 Å². The van der Waals surface area contributed by atoms with Crippen molar-refractivity contribution in [2.45, 2.75) is 12.5 Å². The fourth-order valence-corrected chi connectivity index (χ4v) is 4.59. The summed E-state index contributed by atoms with van der Waals surface area (Å²) in [6, 6.07) is 17.3. The van der Waals surface area contributed by atoms with E-state index < -0.39 is 6.04 Å². The number of nitrogens with zero attached hydrogens (tertiary/aromatic N) is 6. The summed E-state index contributed by atoms with van der Waals surface area (Å²) in [5, 5.41) is 12.2. The monoisotopic (exact) mass is 439 g/mol. The van der Waals surface area contributed by atoms with Crippen molar-refractivity contribution in [3.63, 3.8) is 0 Å². The van der Waals surface area contributed by atoms with Gasteiger partial charge in [0.2, 0.25) is 0 Å². The summed E-state index contributed by atoms with van der Waals surface area (Å²) in [5.74, 6) is -0.142. The van der Waals surface area contributed by atoms with Crippen molar-refractivity contribution >= 4 is 16.8 Å². The average Bonchev–Trinajstić information content (AvgIpc) is 3.52. The maximum atomic E-state index is 15.0. The van der Waals surface area contributed by atoms with Crippen molar-refractivity contribution in [1.29, 1.82) is 0 Å². The lowest BCUT2D eigenvalue weighted by molar-refractivity contribution is 0.0689. The first-order chi connectivity index (χ1) is 16.2. The zero-order valence-electron chi connectivity index (χ0n) is 17.4. The Hall–Kier alpha value is -4.40. The van der Waals surface area contributed by atoms with E-state index in [1.165, 1.54) is 17.1 Å². The molecule has 33 heavy (non-hydrogen) atoms. The summed E-state index contributed by atoms with van der Waals surface area (Å²) in [4.78, 5) is 23.2. The van der Waals surface area contributed by atoms with Gasteiger partial charge in [-0.1, -0.05) is 36.4 Å².